The number of piperazine rings is 1. The van der Waals surface area contributed by atoms with E-state index in [-0.39, 0.29) is 6.03 Å². The average Bonchev–Trinajstić information content (AvgIpc) is 3.02. The maximum atomic E-state index is 12.4. The summed E-state index contributed by atoms with van der Waals surface area (Å²) in [5.74, 6) is 1.31. The van der Waals surface area contributed by atoms with Gasteiger partial charge in [-0.25, -0.2) is 9.80 Å². The number of fused-ring (bicyclic) bond motifs is 1. The van der Waals surface area contributed by atoms with E-state index in [2.05, 4.69) is 46.4 Å². The second kappa shape index (κ2) is 9.48. The van der Waals surface area contributed by atoms with Gasteiger partial charge in [0.1, 0.15) is 0 Å². The molecule has 8 heteroatoms. The number of carbonyl (C=O) groups excluding carboxylic acids is 1. The highest BCUT2D eigenvalue weighted by molar-refractivity contribution is 6.14. The maximum absolute atomic E-state index is 12.4. The second-order valence-corrected chi connectivity index (χ2v) is 8.08. The first kappa shape index (κ1) is 22.0. The van der Waals surface area contributed by atoms with Crippen molar-refractivity contribution in [3.63, 3.8) is 0 Å². The van der Waals surface area contributed by atoms with Gasteiger partial charge in [0, 0.05) is 50.0 Å². The predicted molar refractivity (Wildman–Crippen MR) is 126 cm³/mol. The molecule has 2 aromatic carbocycles. The van der Waals surface area contributed by atoms with E-state index in [0.29, 0.717) is 24.5 Å². The van der Waals surface area contributed by atoms with Crippen molar-refractivity contribution in [1.29, 1.82) is 0 Å². The molecule has 8 nitrogen and oxygen atoms in total. The van der Waals surface area contributed by atoms with Crippen LogP contribution in [0.4, 0.5) is 10.5 Å². The minimum atomic E-state index is -0.233. The molecule has 0 radical (unpaired) electrons. The fourth-order valence-electron chi connectivity index (χ4n) is 4.18. The summed E-state index contributed by atoms with van der Waals surface area (Å²) >= 11 is 0. The zero-order valence-corrected chi connectivity index (χ0v) is 19.2. The van der Waals surface area contributed by atoms with Gasteiger partial charge < -0.3 is 24.6 Å². The van der Waals surface area contributed by atoms with Crippen LogP contribution >= 0.6 is 0 Å². The molecule has 0 bridgehead atoms. The fraction of sp³-hybridized carbons (Fsp3) is 0.417. The summed E-state index contributed by atoms with van der Waals surface area (Å²) in [5.41, 5.74) is 4.91. The van der Waals surface area contributed by atoms with Crippen molar-refractivity contribution in [2.45, 2.75) is 6.42 Å². The Balaban J connectivity index is 1.74. The topological polar surface area (TPSA) is 69.6 Å². The Bertz CT molecular complexity index is 997. The Hall–Kier alpha value is -3.26. The van der Waals surface area contributed by atoms with E-state index in [0.717, 1.165) is 48.6 Å². The van der Waals surface area contributed by atoms with Crippen molar-refractivity contribution in [3.8, 4) is 11.5 Å². The van der Waals surface area contributed by atoms with Gasteiger partial charge in [0.2, 0.25) is 0 Å². The van der Waals surface area contributed by atoms with Gasteiger partial charge in [-0.1, -0.05) is 12.1 Å². The fourth-order valence-corrected chi connectivity index (χ4v) is 4.18. The van der Waals surface area contributed by atoms with Crippen LogP contribution in [0.2, 0.25) is 0 Å². The van der Waals surface area contributed by atoms with Crippen LogP contribution in [-0.2, 0) is 6.42 Å². The second-order valence-electron chi connectivity index (χ2n) is 8.08. The zero-order valence-electron chi connectivity index (χ0n) is 19.2. The van der Waals surface area contributed by atoms with Gasteiger partial charge in [0.15, 0.2) is 11.5 Å². The summed E-state index contributed by atoms with van der Waals surface area (Å²) < 4.78 is 11.0. The van der Waals surface area contributed by atoms with Crippen LogP contribution in [0.1, 0.15) is 16.7 Å². The van der Waals surface area contributed by atoms with Gasteiger partial charge >= 0.3 is 6.03 Å². The lowest BCUT2D eigenvalue weighted by atomic mass is 9.95. The summed E-state index contributed by atoms with van der Waals surface area (Å²) in [4.78, 5) is 17.2. The third-order valence-corrected chi connectivity index (χ3v) is 6.14. The van der Waals surface area contributed by atoms with Crippen molar-refractivity contribution in [2.24, 2.45) is 5.10 Å². The van der Waals surface area contributed by atoms with Gasteiger partial charge in [-0.15, -0.1) is 0 Å². The van der Waals surface area contributed by atoms with Crippen molar-refractivity contribution >= 4 is 17.4 Å². The minimum Gasteiger partial charge on any atom is -0.493 e. The van der Waals surface area contributed by atoms with Crippen LogP contribution in [0.25, 0.3) is 0 Å². The van der Waals surface area contributed by atoms with Gasteiger partial charge in [-0.05, 0) is 43.3 Å². The molecule has 170 valence electrons. The first-order valence-corrected chi connectivity index (χ1v) is 10.9. The number of hydrazone groups is 1. The van der Waals surface area contributed by atoms with E-state index < -0.39 is 0 Å². The summed E-state index contributed by atoms with van der Waals surface area (Å²) in [6.07, 6.45) is 0.662. The highest BCUT2D eigenvalue weighted by Gasteiger charge is 2.24. The van der Waals surface area contributed by atoms with E-state index in [1.807, 2.05) is 12.1 Å². The Morgan fingerprint density at radius 1 is 0.969 bits per heavy atom. The number of anilines is 1. The molecule has 0 saturated carbocycles. The first-order chi connectivity index (χ1) is 15.5. The Kier molecular flexibility index (Phi) is 6.50. The number of methoxy groups -OCH3 is 2. The van der Waals surface area contributed by atoms with E-state index >= 15 is 0 Å². The Morgan fingerprint density at radius 2 is 1.62 bits per heavy atom. The van der Waals surface area contributed by atoms with Gasteiger partial charge in [0.25, 0.3) is 0 Å². The SMILES string of the molecule is CNC(=O)N1CCc2cc(OC)c(OC)cc2C(c2ccc(N3CCN(C)CC3)cc2)=N1. The summed E-state index contributed by atoms with van der Waals surface area (Å²) in [7, 11) is 7.03. The number of nitrogens with one attached hydrogen (secondary N) is 1. The Labute approximate surface area is 189 Å². The summed E-state index contributed by atoms with van der Waals surface area (Å²) in [5, 5.41) is 8.93. The number of carbonyl (C=O) groups is 1. The maximum Gasteiger partial charge on any atom is 0.337 e. The normalized spacial score (nSPS) is 16.7. The molecular weight excluding hydrogens is 406 g/mol. The number of hydrogen-bond acceptors (Lipinski definition) is 6. The smallest absolute Gasteiger partial charge is 0.337 e. The summed E-state index contributed by atoms with van der Waals surface area (Å²) in [6, 6.07) is 12.1. The molecule has 0 aliphatic carbocycles. The molecule has 2 aromatic rings. The largest absolute Gasteiger partial charge is 0.493 e. The van der Waals surface area contributed by atoms with E-state index in [1.54, 1.807) is 21.3 Å². The van der Waals surface area contributed by atoms with Crippen LogP contribution < -0.4 is 19.7 Å². The molecule has 2 aliphatic heterocycles. The molecule has 1 fully saturated rings. The lowest BCUT2D eigenvalue weighted by Gasteiger charge is -2.34. The first-order valence-electron chi connectivity index (χ1n) is 10.9. The molecule has 0 aromatic heterocycles. The molecule has 4 rings (SSSR count). The van der Waals surface area contributed by atoms with Crippen LogP contribution in [0.15, 0.2) is 41.5 Å². The molecule has 2 amide bonds. The van der Waals surface area contributed by atoms with Crippen LogP contribution in [0.5, 0.6) is 11.5 Å². The van der Waals surface area contributed by atoms with Crippen molar-refractivity contribution in [3.05, 3.63) is 53.1 Å². The number of rotatable bonds is 4. The van der Waals surface area contributed by atoms with Crippen molar-refractivity contribution in [2.75, 3.05) is 65.9 Å². The lowest BCUT2D eigenvalue weighted by molar-refractivity contribution is 0.203. The zero-order chi connectivity index (χ0) is 22.7. The number of urea groups is 1. The molecule has 0 atom stereocenters. The monoisotopic (exact) mass is 437 g/mol. The molecule has 0 unspecified atom stereocenters. The molecule has 32 heavy (non-hydrogen) atoms. The van der Waals surface area contributed by atoms with Crippen molar-refractivity contribution in [1.82, 2.24) is 15.2 Å². The van der Waals surface area contributed by atoms with Gasteiger partial charge in [-0.2, -0.15) is 5.10 Å². The highest BCUT2D eigenvalue weighted by atomic mass is 16.5. The standard InChI is InChI=1S/C24H31N5O3/c1-25-24(30)29-10-9-18-15-21(31-3)22(32-4)16-20(18)23(26-29)17-5-7-19(8-6-17)28-13-11-27(2)12-14-28/h5-8,15-16H,9-14H2,1-4H3,(H,25,30). The van der Waals surface area contributed by atoms with Crippen LogP contribution in [0, 0.1) is 0 Å². The number of likely N-dealkylation sites (N-methyl/N-ethyl adjacent to an activating group) is 1. The third-order valence-electron chi connectivity index (χ3n) is 6.14. The molecule has 2 aliphatic rings. The number of ether oxygens (including phenoxy) is 2. The number of benzene rings is 2. The van der Waals surface area contributed by atoms with E-state index in [4.69, 9.17) is 14.6 Å². The lowest BCUT2D eigenvalue weighted by Crippen LogP contribution is -2.44. The van der Waals surface area contributed by atoms with Crippen LogP contribution in [-0.4, -0.2) is 82.7 Å². The number of hydrogen-bond donors (Lipinski definition) is 1. The van der Waals surface area contributed by atoms with E-state index in [9.17, 15) is 4.79 Å². The van der Waals surface area contributed by atoms with Gasteiger partial charge in [-0.3, -0.25) is 0 Å². The predicted octanol–water partition coefficient (Wildman–Crippen LogP) is 2.41. The van der Waals surface area contributed by atoms with Crippen LogP contribution in [0.3, 0.4) is 0 Å². The number of amides is 2. The molecule has 2 heterocycles. The minimum absolute atomic E-state index is 0.233. The van der Waals surface area contributed by atoms with Gasteiger partial charge in [0.05, 0.1) is 26.5 Å². The Morgan fingerprint density at radius 3 is 2.25 bits per heavy atom. The third kappa shape index (κ3) is 4.36. The quantitative estimate of drug-likeness (QED) is 0.796. The highest BCUT2D eigenvalue weighted by Crippen LogP contribution is 2.34. The summed E-state index contributed by atoms with van der Waals surface area (Å²) in [6.45, 7) is 4.63. The van der Waals surface area contributed by atoms with E-state index in [1.165, 1.54) is 10.7 Å². The molecule has 0 spiro atoms. The van der Waals surface area contributed by atoms with Crippen molar-refractivity contribution < 1.29 is 14.3 Å². The molecular formula is C24H31N5O3. The molecule has 1 N–H and O–H groups in total. The average molecular weight is 438 g/mol. The number of nitrogens with zero attached hydrogens (tertiary/aromatic N) is 4. The molecule has 1 saturated heterocycles.